The fourth-order valence-electron chi connectivity index (χ4n) is 2.54. The molecule has 0 saturated carbocycles. The lowest BCUT2D eigenvalue weighted by molar-refractivity contribution is -0.136. The van der Waals surface area contributed by atoms with Gasteiger partial charge < -0.3 is 13.7 Å². The van der Waals surface area contributed by atoms with E-state index in [-0.39, 0.29) is 11.0 Å². The minimum atomic E-state index is -4.64. The van der Waals surface area contributed by atoms with Crippen molar-refractivity contribution >= 4 is 23.6 Å². The zero-order valence-electron chi connectivity index (χ0n) is 13.7. The quantitative estimate of drug-likeness (QED) is 0.591. The van der Waals surface area contributed by atoms with Gasteiger partial charge in [0, 0.05) is 11.5 Å². The van der Waals surface area contributed by atoms with Crippen LogP contribution in [0.3, 0.4) is 0 Å². The summed E-state index contributed by atoms with van der Waals surface area (Å²) in [4.78, 5) is 11.5. The molecule has 8 heteroatoms. The van der Waals surface area contributed by atoms with Crippen molar-refractivity contribution in [1.82, 2.24) is 0 Å². The number of fused-ring (bicyclic) bond motifs is 1. The Morgan fingerprint density at radius 1 is 1.00 bits per heavy atom. The highest BCUT2D eigenvalue weighted by Gasteiger charge is 2.51. The molecule has 0 unspecified atom stereocenters. The zero-order valence-corrected chi connectivity index (χ0v) is 13.7. The van der Waals surface area contributed by atoms with Gasteiger partial charge in [0.2, 0.25) is 0 Å². The highest BCUT2D eigenvalue weighted by atomic mass is 19.4. The first-order valence-electron chi connectivity index (χ1n) is 7.41. The second-order valence-electron chi connectivity index (χ2n) is 6.82. The van der Waals surface area contributed by atoms with Gasteiger partial charge in [-0.15, -0.1) is 0 Å². The Kier molecular flexibility index (Phi) is 3.62. The van der Waals surface area contributed by atoms with E-state index >= 15 is 0 Å². The lowest BCUT2D eigenvalue weighted by Gasteiger charge is -2.32. The Labute approximate surface area is 136 Å². The molecule has 1 aromatic carbocycles. The van der Waals surface area contributed by atoms with Gasteiger partial charge in [-0.05, 0) is 39.2 Å². The van der Waals surface area contributed by atoms with Crippen molar-refractivity contribution in [3.05, 3.63) is 40.2 Å². The molecule has 2 heterocycles. The van der Waals surface area contributed by atoms with Crippen molar-refractivity contribution in [3.63, 3.8) is 0 Å². The third-order valence-corrected chi connectivity index (χ3v) is 4.60. The minimum absolute atomic E-state index is 0.151. The van der Waals surface area contributed by atoms with Crippen molar-refractivity contribution in [3.8, 4) is 0 Å². The normalized spacial score (nSPS) is 19.9. The summed E-state index contributed by atoms with van der Waals surface area (Å²) < 4.78 is 55.9. The van der Waals surface area contributed by atoms with Crippen LogP contribution in [0.25, 0.3) is 11.0 Å². The van der Waals surface area contributed by atoms with Gasteiger partial charge in [0.15, 0.2) is 0 Å². The number of benzene rings is 1. The maximum Gasteiger partial charge on any atom is 0.494 e. The average molecular weight is 340 g/mol. The molecular weight excluding hydrogens is 324 g/mol. The van der Waals surface area contributed by atoms with Gasteiger partial charge in [-0.2, -0.15) is 13.2 Å². The topological polar surface area (TPSA) is 48.7 Å². The van der Waals surface area contributed by atoms with Crippen LogP contribution in [-0.2, 0) is 15.5 Å². The molecule has 1 aliphatic heterocycles. The van der Waals surface area contributed by atoms with Gasteiger partial charge in [0.25, 0.3) is 0 Å². The summed E-state index contributed by atoms with van der Waals surface area (Å²) in [6, 6.07) is 4.56. The molecule has 24 heavy (non-hydrogen) atoms. The molecule has 1 aliphatic rings. The van der Waals surface area contributed by atoms with Crippen molar-refractivity contribution in [2.75, 3.05) is 0 Å². The second kappa shape index (κ2) is 5.10. The molecule has 0 atom stereocenters. The summed E-state index contributed by atoms with van der Waals surface area (Å²) in [5.41, 5.74) is -2.90. The number of halogens is 3. The highest BCUT2D eigenvalue weighted by molar-refractivity contribution is 6.62. The first-order chi connectivity index (χ1) is 10.9. The summed E-state index contributed by atoms with van der Waals surface area (Å²) in [7, 11) is -0.751. The molecular formula is C16H16BF3O4. The van der Waals surface area contributed by atoms with E-state index < -0.39 is 35.7 Å². The van der Waals surface area contributed by atoms with Crippen molar-refractivity contribution in [2.24, 2.45) is 0 Å². The molecule has 1 saturated heterocycles. The van der Waals surface area contributed by atoms with Crippen LogP contribution in [0.15, 0.2) is 33.5 Å². The Morgan fingerprint density at radius 3 is 2.12 bits per heavy atom. The molecule has 0 aliphatic carbocycles. The molecule has 0 N–H and O–H groups in total. The van der Waals surface area contributed by atoms with Crippen LogP contribution in [0, 0.1) is 0 Å². The maximum atomic E-state index is 13.1. The van der Waals surface area contributed by atoms with Crippen molar-refractivity contribution in [2.45, 2.75) is 45.1 Å². The van der Waals surface area contributed by atoms with Crippen LogP contribution in [0.4, 0.5) is 13.2 Å². The smallest absolute Gasteiger partial charge is 0.423 e. The molecule has 0 radical (unpaired) electrons. The largest absolute Gasteiger partial charge is 0.494 e. The van der Waals surface area contributed by atoms with E-state index in [9.17, 15) is 18.0 Å². The van der Waals surface area contributed by atoms with Gasteiger partial charge in [0.05, 0.1) is 16.8 Å². The summed E-state index contributed by atoms with van der Waals surface area (Å²) in [5, 5.41) is -0.178. The zero-order chi connectivity index (χ0) is 17.9. The number of alkyl halides is 3. The van der Waals surface area contributed by atoms with Crippen molar-refractivity contribution < 1.29 is 26.9 Å². The Bertz CT molecular complexity index is 839. The highest BCUT2D eigenvalue weighted by Crippen LogP contribution is 2.37. The molecule has 128 valence electrons. The Hall–Kier alpha value is -1.80. The van der Waals surface area contributed by atoms with Crippen molar-refractivity contribution in [1.29, 1.82) is 0 Å². The monoisotopic (exact) mass is 340 g/mol. The molecule has 0 amide bonds. The van der Waals surface area contributed by atoms with Gasteiger partial charge in [-0.3, -0.25) is 0 Å². The fourth-order valence-corrected chi connectivity index (χ4v) is 2.54. The van der Waals surface area contributed by atoms with Gasteiger partial charge in [-0.1, -0.05) is 12.1 Å². The molecule has 4 nitrogen and oxygen atoms in total. The summed E-state index contributed by atoms with van der Waals surface area (Å²) in [5.74, 6) is 0. The number of rotatable bonds is 1. The van der Waals surface area contributed by atoms with Crippen LogP contribution in [-0.4, -0.2) is 18.3 Å². The molecule has 0 spiro atoms. The lowest BCUT2D eigenvalue weighted by Crippen LogP contribution is -2.41. The second-order valence-corrected chi connectivity index (χ2v) is 6.82. The van der Waals surface area contributed by atoms with E-state index in [1.165, 1.54) is 18.2 Å². The van der Waals surface area contributed by atoms with Crippen LogP contribution in [0.1, 0.15) is 33.3 Å². The maximum absolute atomic E-state index is 13.1. The third-order valence-electron chi connectivity index (χ3n) is 4.60. The SMILES string of the molecule is CC1(C)OB(c2ccc3c(C(F)(F)F)cc(=O)oc3c2)OC1(C)C. The minimum Gasteiger partial charge on any atom is -0.423 e. The van der Waals surface area contributed by atoms with E-state index in [4.69, 9.17) is 13.7 Å². The van der Waals surface area contributed by atoms with E-state index in [0.717, 1.165) is 0 Å². The first kappa shape index (κ1) is 17.0. The molecule has 1 fully saturated rings. The van der Waals surface area contributed by atoms with Gasteiger partial charge >= 0.3 is 18.9 Å². The standard InChI is InChI=1S/C16H16BF3O4/c1-14(2)15(3,4)24-17(23-14)9-5-6-10-11(16(18,19)20)8-13(21)22-12(10)7-9/h5-8H,1-4H3. The van der Waals surface area contributed by atoms with E-state index in [1.807, 2.05) is 27.7 Å². The molecule has 2 aromatic rings. The van der Waals surface area contributed by atoms with E-state index in [0.29, 0.717) is 11.5 Å². The number of hydrogen-bond donors (Lipinski definition) is 0. The lowest BCUT2D eigenvalue weighted by atomic mass is 9.78. The van der Waals surface area contributed by atoms with Crippen LogP contribution < -0.4 is 11.1 Å². The predicted molar refractivity (Wildman–Crippen MR) is 83.2 cm³/mol. The van der Waals surface area contributed by atoms with Gasteiger partial charge in [-0.25, -0.2) is 4.79 Å². The van der Waals surface area contributed by atoms with Crippen LogP contribution in [0.5, 0.6) is 0 Å². The number of hydrogen-bond acceptors (Lipinski definition) is 4. The Balaban J connectivity index is 2.10. The third kappa shape index (κ3) is 2.73. The predicted octanol–water partition coefficient (Wildman–Crippen LogP) is 3.11. The fraction of sp³-hybridized carbons (Fsp3) is 0.438. The summed E-state index contributed by atoms with van der Waals surface area (Å²) in [6.07, 6.45) is -4.64. The molecule has 1 aromatic heterocycles. The van der Waals surface area contributed by atoms with Crippen LogP contribution >= 0.6 is 0 Å². The average Bonchev–Trinajstić information content (AvgIpc) is 2.64. The summed E-state index contributed by atoms with van der Waals surface area (Å²) in [6.45, 7) is 7.48. The molecule has 0 bridgehead atoms. The van der Waals surface area contributed by atoms with E-state index in [1.54, 1.807) is 0 Å². The Morgan fingerprint density at radius 2 is 1.58 bits per heavy atom. The van der Waals surface area contributed by atoms with Crippen LogP contribution in [0.2, 0.25) is 0 Å². The first-order valence-corrected chi connectivity index (χ1v) is 7.41. The van der Waals surface area contributed by atoms with E-state index in [2.05, 4.69) is 0 Å². The summed E-state index contributed by atoms with van der Waals surface area (Å²) >= 11 is 0. The van der Waals surface area contributed by atoms with Gasteiger partial charge in [0.1, 0.15) is 5.58 Å². The molecule has 3 rings (SSSR count).